The Labute approximate surface area is 202 Å². The van der Waals surface area contributed by atoms with Gasteiger partial charge in [-0.2, -0.15) is 0 Å². The molecule has 0 fully saturated rings. The third-order valence-electron chi connectivity index (χ3n) is 5.15. The summed E-state index contributed by atoms with van der Waals surface area (Å²) in [6.45, 7) is 7.94. The summed E-state index contributed by atoms with van der Waals surface area (Å²) >= 11 is 1.33. The SMILES string of the molecule is Cc1cc(-c2cccc(-c3csc(NC(=O)CNC(=O)c4ccn(C(C)(C)C)c4)n3)c2)ncn1. The van der Waals surface area contributed by atoms with Crippen LogP contribution in [0.25, 0.3) is 22.5 Å². The molecule has 0 unspecified atom stereocenters. The number of aryl methyl sites for hydroxylation is 1. The molecule has 174 valence electrons. The number of aromatic nitrogens is 4. The minimum Gasteiger partial charge on any atom is -0.348 e. The number of hydrogen-bond donors (Lipinski definition) is 2. The first-order chi connectivity index (χ1) is 16.2. The van der Waals surface area contributed by atoms with E-state index in [2.05, 4.69) is 46.4 Å². The molecule has 3 aromatic heterocycles. The van der Waals surface area contributed by atoms with Crippen LogP contribution < -0.4 is 10.6 Å². The van der Waals surface area contributed by atoms with Gasteiger partial charge in [-0.15, -0.1) is 11.3 Å². The van der Waals surface area contributed by atoms with Crippen molar-refractivity contribution in [2.75, 3.05) is 11.9 Å². The lowest BCUT2D eigenvalue weighted by molar-refractivity contribution is -0.115. The van der Waals surface area contributed by atoms with Crippen molar-refractivity contribution in [3.8, 4) is 22.5 Å². The normalized spacial score (nSPS) is 11.3. The molecule has 0 saturated carbocycles. The lowest BCUT2D eigenvalue weighted by Crippen LogP contribution is -2.32. The van der Waals surface area contributed by atoms with Crippen molar-refractivity contribution in [1.82, 2.24) is 24.8 Å². The Kier molecular flexibility index (Phi) is 6.56. The van der Waals surface area contributed by atoms with E-state index in [1.54, 1.807) is 18.6 Å². The summed E-state index contributed by atoms with van der Waals surface area (Å²) in [5.74, 6) is -0.635. The molecular formula is C25H26N6O2S. The van der Waals surface area contributed by atoms with Crippen molar-refractivity contribution < 1.29 is 9.59 Å². The highest BCUT2D eigenvalue weighted by Gasteiger charge is 2.16. The zero-order chi connectivity index (χ0) is 24.3. The van der Waals surface area contributed by atoms with Gasteiger partial charge in [0, 0.05) is 40.1 Å². The van der Waals surface area contributed by atoms with Crippen LogP contribution in [0.1, 0.15) is 36.8 Å². The second-order valence-electron chi connectivity index (χ2n) is 8.87. The summed E-state index contributed by atoms with van der Waals surface area (Å²) in [5.41, 5.74) is 4.76. The molecular weight excluding hydrogens is 448 g/mol. The van der Waals surface area contributed by atoms with Gasteiger partial charge in [-0.3, -0.25) is 9.59 Å². The van der Waals surface area contributed by atoms with Gasteiger partial charge in [0.05, 0.1) is 23.5 Å². The van der Waals surface area contributed by atoms with E-state index >= 15 is 0 Å². The number of nitrogens with zero attached hydrogens (tertiary/aromatic N) is 4. The summed E-state index contributed by atoms with van der Waals surface area (Å²) in [7, 11) is 0. The Balaban J connectivity index is 1.37. The van der Waals surface area contributed by atoms with Crippen LogP contribution in [0.5, 0.6) is 0 Å². The van der Waals surface area contributed by atoms with Gasteiger partial charge in [0.25, 0.3) is 5.91 Å². The van der Waals surface area contributed by atoms with E-state index in [-0.39, 0.29) is 23.9 Å². The molecule has 0 bridgehead atoms. The Bertz CT molecular complexity index is 1330. The zero-order valence-electron chi connectivity index (χ0n) is 19.5. The first-order valence-corrected chi connectivity index (χ1v) is 11.7. The largest absolute Gasteiger partial charge is 0.348 e. The molecule has 3 heterocycles. The summed E-state index contributed by atoms with van der Waals surface area (Å²) < 4.78 is 1.96. The van der Waals surface area contributed by atoms with E-state index in [4.69, 9.17) is 0 Å². The summed E-state index contributed by atoms with van der Waals surface area (Å²) in [5, 5.41) is 7.75. The number of nitrogens with one attached hydrogen (secondary N) is 2. The number of thiazole rings is 1. The number of rotatable bonds is 6. The number of amides is 2. The molecule has 34 heavy (non-hydrogen) atoms. The van der Waals surface area contributed by atoms with Crippen molar-refractivity contribution in [3.63, 3.8) is 0 Å². The average Bonchev–Trinajstić information content (AvgIpc) is 3.48. The van der Waals surface area contributed by atoms with Crippen LogP contribution in [0.4, 0.5) is 5.13 Å². The molecule has 0 saturated heterocycles. The quantitative estimate of drug-likeness (QED) is 0.428. The molecule has 8 nitrogen and oxygen atoms in total. The maximum Gasteiger partial charge on any atom is 0.253 e. The fourth-order valence-electron chi connectivity index (χ4n) is 3.29. The van der Waals surface area contributed by atoms with E-state index in [1.807, 2.05) is 53.4 Å². The second-order valence-corrected chi connectivity index (χ2v) is 9.73. The standard InChI is InChI=1S/C25H26N6O2S/c1-16-10-20(28-15-27-16)17-6-5-7-18(11-17)21-14-34-24(29-21)30-22(32)12-26-23(33)19-8-9-31(13-19)25(2,3)4/h5-11,13-15H,12H2,1-4H3,(H,26,33)(H,29,30,32). The van der Waals surface area contributed by atoms with Gasteiger partial charge in [-0.1, -0.05) is 18.2 Å². The molecule has 0 atom stereocenters. The Morgan fingerprint density at radius 3 is 2.53 bits per heavy atom. The monoisotopic (exact) mass is 474 g/mol. The third-order valence-corrected chi connectivity index (χ3v) is 5.91. The molecule has 0 aliphatic rings. The van der Waals surface area contributed by atoms with Gasteiger partial charge in [0.1, 0.15) is 6.33 Å². The fraction of sp³-hybridized carbons (Fsp3) is 0.240. The first kappa shape index (κ1) is 23.3. The minimum atomic E-state index is -0.338. The van der Waals surface area contributed by atoms with Crippen LogP contribution >= 0.6 is 11.3 Å². The molecule has 0 aliphatic heterocycles. The number of hydrogen-bond acceptors (Lipinski definition) is 6. The fourth-order valence-corrected chi connectivity index (χ4v) is 4.02. The maximum atomic E-state index is 12.4. The molecule has 2 amide bonds. The topological polar surface area (TPSA) is 102 Å². The second kappa shape index (κ2) is 9.56. The zero-order valence-corrected chi connectivity index (χ0v) is 20.3. The van der Waals surface area contributed by atoms with Gasteiger partial charge in [-0.05, 0) is 45.9 Å². The van der Waals surface area contributed by atoms with Crippen LogP contribution in [0.15, 0.2) is 60.5 Å². The van der Waals surface area contributed by atoms with Gasteiger partial charge in [0.15, 0.2) is 5.13 Å². The third kappa shape index (κ3) is 5.55. The van der Waals surface area contributed by atoms with Crippen molar-refractivity contribution in [2.45, 2.75) is 33.2 Å². The van der Waals surface area contributed by atoms with Crippen LogP contribution in [0.3, 0.4) is 0 Å². The summed E-state index contributed by atoms with van der Waals surface area (Å²) in [6, 6.07) is 11.6. The molecule has 0 spiro atoms. The highest BCUT2D eigenvalue weighted by molar-refractivity contribution is 7.14. The lowest BCUT2D eigenvalue weighted by Gasteiger charge is -2.20. The predicted octanol–water partition coefficient (Wildman–Crippen LogP) is 4.50. The van der Waals surface area contributed by atoms with Crippen LogP contribution in [-0.2, 0) is 10.3 Å². The average molecular weight is 475 g/mol. The molecule has 1 aromatic carbocycles. The van der Waals surface area contributed by atoms with Crippen LogP contribution in [0.2, 0.25) is 0 Å². The minimum absolute atomic E-state index is 0.119. The summed E-state index contributed by atoms with van der Waals surface area (Å²) in [6.07, 6.45) is 5.18. The summed E-state index contributed by atoms with van der Waals surface area (Å²) in [4.78, 5) is 37.7. The van der Waals surface area contributed by atoms with E-state index in [0.717, 1.165) is 28.2 Å². The van der Waals surface area contributed by atoms with E-state index < -0.39 is 0 Å². The Morgan fingerprint density at radius 2 is 1.82 bits per heavy atom. The van der Waals surface area contributed by atoms with Crippen molar-refractivity contribution in [1.29, 1.82) is 0 Å². The molecule has 2 N–H and O–H groups in total. The molecule has 0 radical (unpaired) electrons. The number of carbonyl (C=O) groups is 2. The van der Waals surface area contributed by atoms with Crippen molar-refractivity contribution in [2.24, 2.45) is 0 Å². The van der Waals surface area contributed by atoms with Gasteiger partial charge in [-0.25, -0.2) is 15.0 Å². The molecule has 4 aromatic rings. The lowest BCUT2D eigenvalue weighted by atomic mass is 10.1. The Morgan fingerprint density at radius 1 is 1.06 bits per heavy atom. The Hall–Kier alpha value is -3.85. The van der Waals surface area contributed by atoms with Gasteiger partial charge >= 0.3 is 0 Å². The number of carbonyl (C=O) groups excluding carboxylic acids is 2. The highest BCUT2D eigenvalue weighted by atomic mass is 32.1. The molecule has 9 heteroatoms. The molecule has 4 rings (SSSR count). The number of benzene rings is 1. The van der Waals surface area contributed by atoms with Crippen LogP contribution in [-0.4, -0.2) is 37.9 Å². The first-order valence-electron chi connectivity index (χ1n) is 10.8. The van der Waals surface area contributed by atoms with Crippen molar-refractivity contribution in [3.05, 3.63) is 71.8 Å². The van der Waals surface area contributed by atoms with Crippen LogP contribution in [0, 0.1) is 6.92 Å². The van der Waals surface area contributed by atoms with Crippen molar-refractivity contribution >= 4 is 28.3 Å². The van der Waals surface area contributed by atoms with E-state index in [1.165, 1.54) is 11.3 Å². The van der Waals surface area contributed by atoms with E-state index in [9.17, 15) is 9.59 Å². The smallest absolute Gasteiger partial charge is 0.253 e. The van der Waals surface area contributed by atoms with Gasteiger partial charge < -0.3 is 15.2 Å². The van der Waals surface area contributed by atoms with Gasteiger partial charge in [0.2, 0.25) is 5.91 Å². The maximum absolute atomic E-state index is 12.4. The predicted molar refractivity (Wildman–Crippen MR) is 134 cm³/mol. The number of anilines is 1. The highest BCUT2D eigenvalue weighted by Crippen LogP contribution is 2.28. The molecule has 0 aliphatic carbocycles. The van der Waals surface area contributed by atoms with E-state index in [0.29, 0.717) is 10.7 Å².